The van der Waals surface area contributed by atoms with Crippen LogP contribution in [-0.2, 0) is 20.1 Å². The van der Waals surface area contributed by atoms with Crippen LogP contribution >= 0.6 is 0 Å². The fraction of sp³-hybridized carbons (Fsp3) is 0.125. The van der Waals surface area contributed by atoms with Crippen LogP contribution in [0.15, 0.2) is 91.3 Å². The predicted octanol–water partition coefficient (Wildman–Crippen LogP) is 4.52. The van der Waals surface area contributed by atoms with Crippen molar-refractivity contribution in [2.45, 2.75) is 13.1 Å². The van der Waals surface area contributed by atoms with Crippen LogP contribution < -0.4 is 4.57 Å². The second kappa shape index (κ2) is 6.44. The Kier molecular flexibility index (Phi) is 3.79. The van der Waals surface area contributed by atoms with E-state index in [9.17, 15) is 0 Å². The van der Waals surface area contributed by atoms with Crippen molar-refractivity contribution in [3.8, 4) is 0 Å². The monoisotopic (exact) mass is 352 g/mol. The highest BCUT2D eigenvalue weighted by atomic mass is 15.1. The molecule has 3 heteroatoms. The summed E-state index contributed by atoms with van der Waals surface area (Å²) in [6, 6.07) is 28.1. The molecule has 27 heavy (non-hydrogen) atoms. The van der Waals surface area contributed by atoms with Gasteiger partial charge in [0.25, 0.3) is 0 Å². The number of fused-ring (bicyclic) bond motifs is 2. The minimum atomic E-state index is 0.865. The molecule has 0 aliphatic rings. The first kappa shape index (κ1) is 15.9. The van der Waals surface area contributed by atoms with Gasteiger partial charge in [0.2, 0.25) is 11.4 Å². The number of rotatable bonds is 4. The SMILES string of the molecule is C[n+]1c(Cn2ccc3ccccc32)cccc1Cn1ccc2ccccc21. The third kappa shape index (κ3) is 2.81. The van der Waals surface area contributed by atoms with Gasteiger partial charge in [-0.15, -0.1) is 0 Å². The van der Waals surface area contributed by atoms with Crippen molar-refractivity contribution in [3.05, 3.63) is 103 Å². The fourth-order valence-electron chi connectivity index (χ4n) is 3.90. The summed E-state index contributed by atoms with van der Waals surface area (Å²) in [4.78, 5) is 0. The third-order valence-corrected chi connectivity index (χ3v) is 5.46. The van der Waals surface area contributed by atoms with E-state index in [0.29, 0.717) is 0 Å². The van der Waals surface area contributed by atoms with Crippen LogP contribution in [0.2, 0.25) is 0 Å². The van der Waals surface area contributed by atoms with E-state index in [-0.39, 0.29) is 0 Å². The van der Waals surface area contributed by atoms with E-state index in [1.165, 1.54) is 33.2 Å². The maximum absolute atomic E-state index is 2.32. The molecule has 5 rings (SSSR count). The zero-order valence-electron chi connectivity index (χ0n) is 15.4. The van der Waals surface area contributed by atoms with Crippen molar-refractivity contribution in [1.82, 2.24) is 9.13 Å². The molecule has 0 saturated heterocycles. The quantitative estimate of drug-likeness (QED) is 0.422. The van der Waals surface area contributed by atoms with Gasteiger partial charge in [0.05, 0.1) is 0 Å². The van der Waals surface area contributed by atoms with Gasteiger partial charge in [-0.1, -0.05) is 36.4 Å². The van der Waals surface area contributed by atoms with Crippen molar-refractivity contribution in [3.63, 3.8) is 0 Å². The van der Waals surface area contributed by atoms with Crippen LogP contribution in [0.4, 0.5) is 0 Å². The van der Waals surface area contributed by atoms with Gasteiger partial charge in [0.15, 0.2) is 0 Å². The average Bonchev–Trinajstić information content (AvgIpc) is 3.30. The van der Waals surface area contributed by atoms with Crippen LogP contribution in [0.25, 0.3) is 21.8 Å². The lowest BCUT2D eigenvalue weighted by Gasteiger charge is -2.09. The molecule has 0 unspecified atom stereocenters. The molecule has 0 amide bonds. The summed E-state index contributed by atoms with van der Waals surface area (Å²) >= 11 is 0. The van der Waals surface area contributed by atoms with Crippen molar-refractivity contribution in [2.75, 3.05) is 0 Å². The van der Waals surface area contributed by atoms with Crippen LogP contribution in [-0.4, -0.2) is 9.13 Å². The largest absolute Gasteiger partial charge is 0.337 e. The van der Waals surface area contributed by atoms with Crippen LogP contribution in [0.3, 0.4) is 0 Å². The normalized spacial score (nSPS) is 11.4. The Labute approximate surface area is 158 Å². The first-order chi connectivity index (χ1) is 13.3. The first-order valence-corrected chi connectivity index (χ1v) is 9.34. The smallest absolute Gasteiger partial charge is 0.201 e. The fourth-order valence-corrected chi connectivity index (χ4v) is 3.90. The van der Waals surface area contributed by atoms with Crippen molar-refractivity contribution >= 4 is 21.8 Å². The molecule has 3 heterocycles. The molecular weight excluding hydrogens is 330 g/mol. The summed E-state index contributed by atoms with van der Waals surface area (Å²) in [5.41, 5.74) is 5.15. The Morgan fingerprint density at radius 3 is 1.59 bits per heavy atom. The second-order valence-corrected chi connectivity index (χ2v) is 7.07. The molecule has 0 atom stereocenters. The molecule has 0 bridgehead atoms. The van der Waals surface area contributed by atoms with Crippen molar-refractivity contribution in [2.24, 2.45) is 7.05 Å². The van der Waals surface area contributed by atoms with Crippen molar-refractivity contribution in [1.29, 1.82) is 0 Å². The Morgan fingerprint density at radius 1 is 0.593 bits per heavy atom. The molecule has 132 valence electrons. The van der Waals surface area contributed by atoms with Gasteiger partial charge < -0.3 is 9.13 Å². The van der Waals surface area contributed by atoms with Gasteiger partial charge in [-0.05, 0) is 41.1 Å². The molecule has 3 aromatic heterocycles. The summed E-state index contributed by atoms with van der Waals surface area (Å²) in [5.74, 6) is 0. The van der Waals surface area contributed by atoms with E-state index < -0.39 is 0 Å². The maximum Gasteiger partial charge on any atom is 0.201 e. The summed E-state index contributed by atoms with van der Waals surface area (Å²) in [5, 5.41) is 2.57. The summed E-state index contributed by atoms with van der Waals surface area (Å²) < 4.78 is 6.96. The van der Waals surface area contributed by atoms with Gasteiger partial charge in [0, 0.05) is 35.6 Å². The van der Waals surface area contributed by atoms with Crippen LogP contribution in [0.1, 0.15) is 11.4 Å². The van der Waals surface area contributed by atoms with Crippen LogP contribution in [0.5, 0.6) is 0 Å². The van der Waals surface area contributed by atoms with E-state index in [0.717, 1.165) is 13.1 Å². The van der Waals surface area contributed by atoms with Crippen LogP contribution in [0, 0.1) is 0 Å². The summed E-state index contributed by atoms with van der Waals surface area (Å²) in [7, 11) is 2.17. The molecule has 0 N–H and O–H groups in total. The molecule has 0 radical (unpaired) electrons. The topological polar surface area (TPSA) is 13.7 Å². The van der Waals surface area contributed by atoms with Gasteiger partial charge in [-0.2, -0.15) is 4.57 Å². The Balaban J connectivity index is 1.49. The average molecular weight is 352 g/mol. The molecule has 5 aromatic rings. The van der Waals surface area contributed by atoms with E-state index >= 15 is 0 Å². The summed E-state index contributed by atoms with van der Waals surface area (Å²) in [6.45, 7) is 1.73. The number of hydrogen-bond acceptors (Lipinski definition) is 0. The molecular formula is C24H22N3+. The highest BCUT2D eigenvalue weighted by molar-refractivity contribution is 5.80. The zero-order chi connectivity index (χ0) is 18.2. The van der Waals surface area contributed by atoms with Crippen molar-refractivity contribution < 1.29 is 4.57 Å². The molecule has 0 saturated carbocycles. The van der Waals surface area contributed by atoms with E-state index in [2.05, 4.69) is 112 Å². The van der Waals surface area contributed by atoms with Gasteiger partial charge in [-0.25, -0.2) is 0 Å². The summed E-state index contributed by atoms with van der Waals surface area (Å²) in [6.07, 6.45) is 4.35. The highest BCUT2D eigenvalue weighted by Gasteiger charge is 2.15. The standard InChI is InChI=1S/C24H22N3/c1-25-21(17-26-15-13-19-7-2-4-11-23(19)26)9-6-10-22(25)18-27-16-14-20-8-3-5-12-24(20)27/h2-16H,17-18H2,1H3/q+1. The number of para-hydroxylation sites is 2. The molecule has 0 aliphatic heterocycles. The van der Waals surface area contributed by atoms with Gasteiger partial charge in [0.1, 0.15) is 20.1 Å². The molecule has 0 aliphatic carbocycles. The number of hydrogen-bond donors (Lipinski definition) is 0. The lowest BCUT2D eigenvalue weighted by atomic mass is 10.2. The molecule has 0 spiro atoms. The number of nitrogens with zero attached hydrogens (tertiary/aromatic N) is 3. The number of aromatic nitrogens is 3. The van der Waals surface area contributed by atoms with Gasteiger partial charge >= 0.3 is 0 Å². The van der Waals surface area contributed by atoms with E-state index in [1.807, 2.05) is 0 Å². The number of benzene rings is 2. The Morgan fingerprint density at radius 2 is 1.07 bits per heavy atom. The lowest BCUT2D eigenvalue weighted by molar-refractivity contribution is -0.687. The second-order valence-electron chi connectivity index (χ2n) is 7.07. The Hall–Kier alpha value is -3.33. The predicted molar refractivity (Wildman–Crippen MR) is 110 cm³/mol. The molecule has 0 fully saturated rings. The molecule has 2 aromatic carbocycles. The Bertz CT molecular complexity index is 1150. The number of pyridine rings is 1. The highest BCUT2D eigenvalue weighted by Crippen LogP contribution is 2.18. The first-order valence-electron chi connectivity index (χ1n) is 9.34. The van der Waals surface area contributed by atoms with E-state index in [1.54, 1.807) is 0 Å². The zero-order valence-corrected chi connectivity index (χ0v) is 15.4. The third-order valence-electron chi connectivity index (χ3n) is 5.46. The minimum Gasteiger partial charge on any atom is -0.337 e. The molecule has 3 nitrogen and oxygen atoms in total. The van der Waals surface area contributed by atoms with Gasteiger partial charge in [-0.3, -0.25) is 0 Å². The minimum absolute atomic E-state index is 0.865. The maximum atomic E-state index is 2.32. The lowest BCUT2D eigenvalue weighted by Crippen LogP contribution is -2.39. The van der Waals surface area contributed by atoms with E-state index in [4.69, 9.17) is 0 Å².